The lowest BCUT2D eigenvalue weighted by Gasteiger charge is -1.98. The van der Waals surface area contributed by atoms with Crippen molar-refractivity contribution in [3.8, 4) is 11.3 Å². The van der Waals surface area contributed by atoms with Crippen LogP contribution in [0.2, 0.25) is 0 Å². The van der Waals surface area contributed by atoms with E-state index in [4.69, 9.17) is 4.52 Å². The number of benzene rings is 1. The summed E-state index contributed by atoms with van der Waals surface area (Å²) in [6.45, 7) is 0. The van der Waals surface area contributed by atoms with Crippen molar-refractivity contribution in [2.45, 2.75) is 0 Å². The van der Waals surface area contributed by atoms with Crippen molar-refractivity contribution in [1.82, 2.24) is 5.16 Å². The maximum atomic E-state index is 13.3. The molecular weight excluding hydrogens is 202 g/mol. The van der Waals surface area contributed by atoms with Crippen LogP contribution in [0.3, 0.4) is 0 Å². The summed E-state index contributed by atoms with van der Waals surface area (Å²) in [7, 11) is 1.63. The molecule has 0 fully saturated rings. The van der Waals surface area contributed by atoms with Gasteiger partial charge < -0.3 is 9.84 Å². The molecule has 0 spiro atoms. The van der Waals surface area contributed by atoms with Gasteiger partial charge in [0.25, 0.3) is 0 Å². The van der Waals surface area contributed by atoms with Crippen LogP contribution in [0.5, 0.6) is 0 Å². The van der Waals surface area contributed by atoms with E-state index in [0.717, 1.165) is 0 Å². The Kier molecular flexibility index (Phi) is 2.37. The van der Waals surface area contributed by atoms with Crippen molar-refractivity contribution in [3.63, 3.8) is 0 Å². The van der Waals surface area contributed by atoms with E-state index >= 15 is 0 Å². The summed E-state index contributed by atoms with van der Waals surface area (Å²) in [5.74, 6) is -0.968. The van der Waals surface area contributed by atoms with Crippen molar-refractivity contribution in [2.24, 2.45) is 0 Å². The summed E-state index contributed by atoms with van der Waals surface area (Å²) in [4.78, 5) is 0. The van der Waals surface area contributed by atoms with Crippen LogP contribution in [0, 0.1) is 11.6 Å². The standard InChI is InChI=1S/C10H8F2N2O/c1-13-9-5-8(14-15-9)10-6(11)3-2-4-7(10)12/h2-5,13H,1H3. The normalized spacial score (nSPS) is 10.3. The highest BCUT2D eigenvalue weighted by Crippen LogP contribution is 2.26. The first-order valence-electron chi connectivity index (χ1n) is 4.31. The second-order valence-corrected chi connectivity index (χ2v) is 2.92. The Morgan fingerprint density at radius 1 is 1.27 bits per heavy atom. The van der Waals surface area contributed by atoms with Crippen LogP contribution in [0.25, 0.3) is 11.3 Å². The summed E-state index contributed by atoms with van der Waals surface area (Å²) in [5.41, 5.74) is -0.0438. The second kappa shape index (κ2) is 3.68. The van der Waals surface area contributed by atoms with Gasteiger partial charge in [-0.2, -0.15) is 0 Å². The van der Waals surface area contributed by atoms with E-state index in [-0.39, 0.29) is 11.3 Å². The number of nitrogens with zero attached hydrogens (tertiary/aromatic N) is 1. The number of aromatic nitrogens is 1. The van der Waals surface area contributed by atoms with Gasteiger partial charge in [0.05, 0.1) is 5.56 Å². The van der Waals surface area contributed by atoms with Crippen molar-refractivity contribution in [2.75, 3.05) is 12.4 Å². The molecule has 0 saturated heterocycles. The minimum absolute atomic E-state index is 0.134. The van der Waals surface area contributed by atoms with Crippen LogP contribution in [-0.2, 0) is 0 Å². The maximum absolute atomic E-state index is 13.3. The molecule has 0 aliphatic carbocycles. The van der Waals surface area contributed by atoms with E-state index in [1.165, 1.54) is 24.3 Å². The SMILES string of the molecule is CNc1cc(-c2c(F)cccc2F)no1. The molecule has 78 valence electrons. The lowest BCUT2D eigenvalue weighted by molar-refractivity contribution is 0.435. The van der Waals surface area contributed by atoms with E-state index in [2.05, 4.69) is 10.5 Å². The molecule has 0 radical (unpaired) electrons. The highest BCUT2D eigenvalue weighted by Gasteiger charge is 2.14. The summed E-state index contributed by atoms with van der Waals surface area (Å²) in [5, 5.41) is 6.24. The Morgan fingerprint density at radius 2 is 1.93 bits per heavy atom. The molecular formula is C10H8F2N2O. The van der Waals surface area contributed by atoms with Gasteiger partial charge in [0.15, 0.2) is 0 Å². The van der Waals surface area contributed by atoms with Crippen LogP contribution in [0.1, 0.15) is 0 Å². The third-order valence-electron chi connectivity index (χ3n) is 1.98. The van der Waals surface area contributed by atoms with Crippen molar-refractivity contribution < 1.29 is 13.3 Å². The number of nitrogens with one attached hydrogen (secondary N) is 1. The van der Waals surface area contributed by atoms with Crippen molar-refractivity contribution >= 4 is 5.88 Å². The van der Waals surface area contributed by atoms with Gasteiger partial charge in [0.1, 0.15) is 17.3 Å². The monoisotopic (exact) mass is 210 g/mol. The largest absolute Gasteiger partial charge is 0.357 e. The smallest absolute Gasteiger partial charge is 0.225 e. The minimum atomic E-state index is -0.661. The fourth-order valence-electron chi connectivity index (χ4n) is 1.25. The zero-order valence-electron chi connectivity index (χ0n) is 7.92. The van der Waals surface area contributed by atoms with Gasteiger partial charge in [-0.1, -0.05) is 11.2 Å². The molecule has 0 aliphatic heterocycles. The lowest BCUT2D eigenvalue weighted by Crippen LogP contribution is -1.89. The fourth-order valence-corrected chi connectivity index (χ4v) is 1.25. The lowest BCUT2D eigenvalue weighted by atomic mass is 10.1. The molecule has 15 heavy (non-hydrogen) atoms. The average Bonchev–Trinajstić information content (AvgIpc) is 2.66. The molecule has 0 amide bonds. The Labute approximate surface area is 84.7 Å². The van der Waals surface area contributed by atoms with Gasteiger partial charge in [0.2, 0.25) is 5.88 Å². The van der Waals surface area contributed by atoms with Crippen LogP contribution in [0.4, 0.5) is 14.7 Å². The fraction of sp³-hybridized carbons (Fsp3) is 0.100. The number of halogens is 2. The first-order chi connectivity index (χ1) is 7.22. The molecule has 1 aromatic carbocycles. The molecule has 0 unspecified atom stereocenters. The van der Waals surface area contributed by atoms with Crippen molar-refractivity contribution in [3.05, 3.63) is 35.9 Å². The van der Waals surface area contributed by atoms with Gasteiger partial charge in [-0.25, -0.2) is 8.78 Å². The zero-order valence-corrected chi connectivity index (χ0v) is 7.92. The molecule has 0 saturated carbocycles. The molecule has 3 nitrogen and oxygen atoms in total. The predicted molar refractivity (Wildman–Crippen MR) is 51.4 cm³/mol. The van der Waals surface area contributed by atoms with Crippen molar-refractivity contribution in [1.29, 1.82) is 0 Å². The number of hydrogen-bond donors (Lipinski definition) is 1. The Morgan fingerprint density at radius 3 is 2.47 bits per heavy atom. The molecule has 2 aromatic rings. The molecule has 5 heteroatoms. The first kappa shape index (κ1) is 9.64. The predicted octanol–water partition coefficient (Wildman–Crippen LogP) is 2.66. The molecule has 0 aliphatic rings. The van der Waals surface area contributed by atoms with Gasteiger partial charge in [-0.3, -0.25) is 0 Å². The zero-order chi connectivity index (χ0) is 10.8. The van der Waals surface area contributed by atoms with Gasteiger partial charge in [-0.15, -0.1) is 0 Å². The number of anilines is 1. The third-order valence-corrected chi connectivity index (χ3v) is 1.98. The maximum Gasteiger partial charge on any atom is 0.225 e. The Hall–Kier alpha value is -1.91. The Balaban J connectivity index is 2.53. The molecule has 1 N–H and O–H groups in total. The molecule has 0 atom stereocenters. The van der Waals surface area contributed by atoms with Crippen LogP contribution < -0.4 is 5.32 Å². The summed E-state index contributed by atoms with van der Waals surface area (Å²) < 4.78 is 31.4. The molecule has 2 rings (SSSR count). The van der Waals surface area contributed by atoms with Gasteiger partial charge in [0, 0.05) is 13.1 Å². The second-order valence-electron chi connectivity index (χ2n) is 2.92. The van der Waals surface area contributed by atoms with Crippen LogP contribution >= 0.6 is 0 Å². The van der Waals surface area contributed by atoms with E-state index < -0.39 is 11.6 Å². The van der Waals surface area contributed by atoms with Crippen LogP contribution in [0.15, 0.2) is 28.8 Å². The number of hydrogen-bond acceptors (Lipinski definition) is 3. The van der Waals surface area contributed by atoms with Gasteiger partial charge >= 0.3 is 0 Å². The van der Waals surface area contributed by atoms with E-state index in [1.807, 2.05) is 0 Å². The summed E-state index contributed by atoms with van der Waals surface area (Å²) in [6.07, 6.45) is 0. The highest BCUT2D eigenvalue weighted by atomic mass is 19.1. The minimum Gasteiger partial charge on any atom is -0.357 e. The number of rotatable bonds is 2. The van der Waals surface area contributed by atoms with E-state index in [9.17, 15) is 8.78 Å². The molecule has 0 bridgehead atoms. The first-order valence-corrected chi connectivity index (χ1v) is 4.31. The average molecular weight is 210 g/mol. The molecule has 1 heterocycles. The Bertz CT molecular complexity index is 462. The third kappa shape index (κ3) is 1.68. The van der Waals surface area contributed by atoms with E-state index in [0.29, 0.717) is 5.88 Å². The van der Waals surface area contributed by atoms with Gasteiger partial charge in [-0.05, 0) is 12.1 Å². The van der Waals surface area contributed by atoms with E-state index in [1.54, 1.807) is 7.05 Å². The topological polar surface area (TPSA) is 38.1 Å². The van der Waals surface area contributed by atoms with Crippen LogP contribution in [-0.4, -0.2) is 12.2 Å². The highest BCUT2D eigenvalue weighted by molar-refractivity contribution is 5.62. The molecule has 1 aromatic heterocycles. The summed E-state index contributed by atoms with van der Waals surface area (Å²) in [6, 6.07) is 5.08. The summed E-state index contributed by atoms with van der Waals surface area (Å²) >= 11 is 0. The quantitative estimate of drug-likeness (QED) is 0.828.